The molecule has 0 bridgehead atoms. The summed E-state index contributed by atoms with van der Waals surface area (Å²) in [5.74, 6) is 0.593. The number of halogens is 2. The highest BCUT2D eigenvalue weighted by atomic mass is 79.9. The van der Waals surface area contributed by atoms with Gasteiger partial charge in [0, 0.05) is 18.0 Å². The average molecular weight is 298 g/mol. The van der Waals surface area contributed by atoms with Crippen LogP contribution in [0.2, 0.25) is 0 Å². The van der Waals surface area contributed by atoms with Crippen molar-refractivity contribution >= 4 is 15.9 Å². The number of aryl methyl sites for hydroxylation is 1. The molecule has 17 heavy (non-hydrogen) atoms. The number of hydrogen-bond acceptors (Lipinski definition) is 2. The molecule has 0 fully saturated rings. The summed E-state index contributed by atoms with van der Waals surface area (Å²) in [6.07, 6.45) is 2.99. The summed E-state index contributed by atoms with van der Waals surface area (Å²) >= 11 is 3.16. The van der Waals surface area contributed by atoms with Crippen LogP contribution in [-0.2, 0) is 6.42 Å². The minimum absolute atomic E-state index is 0.278. The van der Waals surface area contributed by atoms with E-state index in [1.54, 1.807) is 24.5 Å². The molecule has 0 aliphatic rings. The number of nitrogens with two attached hydrogens (primary N) is 1. The molecule has 0 aliphatic heterocycles. The maximum absolute atomic E-state index is 13.8. The summed E-state index contributed by atoms with van der Waals surface area (Å²) in [5.41, 5.74) is 6.51. The molecule has 0 spiro atoms. The van der Waals surface area contributed by atoms with Gasteiger partial charge < -0.3 is 10.2 Å². The van der Waals surface area contributed by atoms with E-state index in [0.717, 1.165) is 5.76 Å². The van der Waals surface area contributed by atoms with E-state index in [1.807, 2.05) is 12.1 Å². The number of furan rings is 1. The third-order valence-corrected chi connectivity index (χ3v) is 3.28. The van der Waals surface area contributed by atoms with E-state index in [1.165, 1.54) is 0 Å². The summed E-state index contributed by atoms with van der Waals surface area (Å²) in [4.78, 5) is 0. The van der Waals surface area contributed by atoms with Crippen molar-refractivity contribution in [3.05, 3.63) is 58.2 Å². The van der Waals surface area contributed by atoms with E-state index in [9.17, 15) is 4.39 Å². The third-order valence-electron chi connectivity index (χ3n) is 2.66. The first-order valence-electron chi connectivity index (χ1n) is 5.40. The Morgan fingerprint density at radius 3 is 2.82 bits per heavy atom. The van der Waals surface area contributed by atoms with Crippen LogP contribution in [0.15, 0.2) is 45.5 Å². The minimum Gasteiger partial charge on any atom is -0.469 e. The van der Waals surface area contributed by atoms with Gasteiger partial charge in [0.25, 0.3) is 0 Å². The standard InChI is InChI=1S/C13H13BrFNO/c14-11-5-1-4-10(13(11)15)12(16)7-6-9-3-2-8-17-9/h1-5,8,12H,6-7,16H2. The monoisotopic (exact) mass is 297 g/mol. The molecular weight excluding hydrogens is 285 g/mol. The molecule has 2 nitrogen and oxygen atoms in total. The van der Waals surface area contributed by atoms with Gasteiger partial charge in [0.1, 0.15) is 11.6 Å². The summed E-state index contributed by atoms with van der Waals surface area (Å²) < 4.78 is 19.4. The topological polar surface area (TPSA) is 39.2 Å². The van der Waals surface area contributed by atoms with Crippen LogP contribution in [0.5, 0.6) is 0 Å². The zero-order chi connectivity index (χ0) is 12.3. The van der Waals surface area contributed by atoms with Crippen LogP contribution in [-0.4, -0.2) is 0 Å². The van der Waals surface area contributed by atoms with Gasteiger partial charge in [-0.1, -0.05) is 12.1 Å². The van der Waals surface area contributed by atoms with Gasteiger partial charge in [0.2, 0.25) is 0 Å². The number of rotatable bonds is 4. The van der Waals surface area contributed by atoms with Crippen LogP contribution in [0.4, 0.5) is 4.39 Å². The predicted octanol–water partition coefficient (Wildman–Crippen LogP) is 3.81. The van der Waals surface area contributed by atoms with Crippen LogP contribution < -0.4 is 5.73 Å². The van der Waals surface area contributed by atoms with Crippen LogP contribution in [0.25, 0.3) is 0 Å². The molecule has 0 saturated carbocycles. The largest absolute Gasteiger partial charge is 0.469 e. The Morgan fingerprint density at radius 2 is 2.12 bits per heavy atom. The van der Waals surface area contributed by atoms with Gasteiger partial charge in [-0.15, -0.1) is 0 Å². The third kappa shape index (κ3) is 2.96. The molecule has 1 heterocycles. The highest BCUT2D eigenvalue weighted by molar-refractivity contribution is 9.10. The maximum atomic E-state index is 13.8. The summed E-state index contributed by atoms with van der Waals surface area (Å²) in [5, 5.41) is 0. The van der Waals surface area contributed by atoms with Crippen LogP contribution in [0.1, 0.15) is 23.8 Å². The van der Waals surface area contributed by atoms with Gasteiger partial charge in [-0.25, -0.2) is 4.39 Å². The maximum Gasteiger partial charge on any atom is 0.142 e. The fourth-order valence-corrected chi connectivity index (χ4v) is 2.10. The number of hydrogen-bond donors (Lipinski definition) is 1. The van der Waals surface area contributed by atoms with E-state index < -0.39 is 0 Å². The van der Waals surface area contributed by atoms with Crippen molar-refractivity contribution < 1.29 is 8.81 Å². The van der Waals surface area contributed by atoms with E-state index in [2.05, 4.69) is 15.9 Å². The summed E-state index contributed by atoms with van der Waals surface area (Å²) in [6.45, 7) is 0. The lowest BCUT2D eigenvalue weighted by atomic mass is 10.0. The van der Waals surface area contributed by atoms with Gasteiger partial charge in [-0.05, 0) is 40.5 Å². The van der Waals surface area contributed by atoms with E-state index in [4.69, 9.17) is 10.2 Å². The smallest absolute Gasteiger partial charge is 0.142 e. The fraction of sp³-hybridized carbons (Fsp3) is 0.231. The Hall–Kier alpha value is -1.13. The molecule has 0 radical (unpaired) electrons. The molecule has 2 N–H and O–H groups in total. The molecular formula is C13H13BrFNO. The normalized spacial score (nSPS) is 12.6. The Morgan fingerprint density at radius 1 is 1.29 bits per heavy atom. The molecule has 0 amide bonds. The second-order valence-electron chi connectivity index (χ2n) is 3.87. The van der Waals surface area contributed by atoms with Gasteiger partial charge in [-0.2, -0.15) is 0 Å². The SMILES string of the molecule is NC(CCc1ccco1)c1cccc(Br)c1F. The molecule has 1 aromatic carbocycles. The quantitative estimate of drug-likeness (QED) is 0.932. The molecule has 1 aromatic heterocycles. The van der Waals surface area contributed by atoms with Crippen molar-refractivity contribution in [2.24, 2.45) is 5.73 Å². The van der Waals surface area contributed by atoms with Gasteiger partial charge in [-0.3, -0.25) is 0 Å². The van der Waals surface area contributed by atoms with E-state index in [-0.39, 0.29) is 11.9 Å². The molecule has 1 atom stereocenters. The van der Waals surface area contributed by atoms with Crippen molar-refractivity contribution in [3.63, 3.8) is 0 Å². The molecule has 90 valence electrons. The molecule has 2 aromatic rings. The molecule has 2 rings (SSSR count). The molecule has 1 unspecified atom stereocenters. The summed E-state index contributed by atoms with van der Waals surface area (Å²) in [7, 11) is 0. The Balaban J connectivity index is 2.04. The lowest BCUT2D eigenvalue weighted by Crippen LogP contribution is -2.13. The first-order chi connectivity index (χ1) is 8.18. The van der Waals surface area contributed by atoms with Gasteiger partial charge in [0.15, 0.2) is 0 Å². The molecule has 4 heteroatoms. The zero-order valence-electron chi connectivity index (χ0n) is 9.20. The average Bonchev–Trinajstić information content (AvgIpc) is 2.82. The Kier molecular flexibility index (Phi) is 3.97. The Labute approximate surface area is 108 Å². The zero-order valence-corrected chi connectivity index (χ0v) is 10.8. The van der Waals surface area contributed by atoms with E-state index in [0.29, 0.717) is 22.9 Å². The van der Waals surface area contributed by atoms with Crippen molar-refractivity contribution in [1.29, 1.82) is 0 Å². The first-order valence-corrected chi connectivity index (χ1v) is 6.19. The second kappa shape index (κ2) is 5.47. The Bertz CT molecular complexity index is 484. The summed E-state index contributed by atoms with van der Waals surface area (Å²) in [6, 6.07) is 8.57. The molecule has 0 aliphatic carbocycles. The van der Waals surface area contributed by atoms with Crippen molar-refractivity contribution in [2.45, 2.75) is 18.9 Å². The van der Waals surface area contributed by atoms with Crippen LogP contribution >= 0.6 is 15.9 Å². The highest BCUT2D eigenvalue weighted by Crippen LogP contribution is 2.25. The van der Waals surface area contributed by atoms with Crippen LogP contribution in [0.3, 0.4) is 0 Å². The van der Waals surface area contributed by atoms with E-state index >= 15 is 0 Å². The number of benzene rings is 1. The lowest BCUT2D eigenvalue weighted by molar-refractivity contribution is 0.482. The predicted molar refractivity (Wildman–Crippen MR) is 68.1 cm³/mol. The van der Waals surface area contributed by atoms with Crippen LogP contribution in [0, 0.1) is 5.82 Å². The van der Waals surface area contributed by atoms with Crippen molar-refractivity contribution in [3.8, 4) is 0 Å². The first kappa shape index (κ1) is 12.3. The fourth-order valence-electron chi connectivity index (χ4n) is 1.71. The second-order valence-corrected chi connectivity index (χ2v) is 4.72. The van der Waals surface area contributed by atoms with Gasteiger partial charge >= 0.3 is 0 Å². The highest BCUT2D eigenvalue weighted by Gasteiger charge is 2.13. The molecule has 0 saturated heterocycles. The van der Waals surface area contributed by atoms with Crippen molar-refractivity contribution in [1.82, 2.24) is 0 Å². The minimum atomic E-state index is -0.322. The van der Waals surface area contributed by atoms with Gasteiger partial charge in [0.05, 0.1) is 10.7 Å². The lowest BCUT2D eigenvalue weighted by Gasteiger charge is -2.12. The van der Waals surface area contributed by atoms with Crippen molar-refractivity contribution in [2.75, 3.05) is 0 Å².